The molecule has 1 heterocycles. The normalized spacial score (nSPS) is 14.8. The highest BCUT2D eigenvalue weighted by molar-refractivity contribution is 7.90. The molecule has 5 nitrogen and oxygen atoms in total. The summed E-state index contributed by atoms with van der Waals surface area (Å²) in [7, 11) is -3.21. The van der Waals surface area contributed by atoms with E-state index >= 15 is 0 Å². The molecule has 0 unspecified atom stereocenters. The molecule has 1 aliphatic rings. The Hall–Kier alpha value is -1.95. The molecule has 1 fully saturated rings. The van der Waals surface area contributed by atoms with Gasteiger partial charge in [0, 0.05) is 11.5 Å². The van der Waals surface area contributed by atoms with Crippen molar-refractivity contribution in [1.82, 2.24) is 5.16 Å². The number of carbonyl (C=O) groups excluding carboxylic acids is 1. The molecule has 1 aliphatic carbocycles. The highest BCUT2D eigenvalue weighted by Crippen LogP contribution is 2.42. The summed E-state index contributed by atoms with van der Waals surface area (Å²) in [4.78, 5) is 12.8. The van der Waals surface area contributed by atoms with E-state index in [1.54, 1.807) is 24.3 Å². The molecule has 0 atom stereocenters. The number of sulfone groups is 1. The predicted molar refractivity (Wildman–Crippen MR) is 86.1 cm³/mol. The van der Waals surface area contributed by atoms with Crippen molar-refractivity contribution in [3.8, 4) is 0 Å². The van der Waals surface area contributed by atoms with Crippen LogP contribution in [0.2, 0.25) is 0 Å². The first kappa shape index (κ1) is 15.9. The average Bonchev–Trinajstić information content (AvgIpc) is 3.23. The van der Waals surface area contributed by atoms with Crippen molar-refractivity contribution < 1.29 is 17.7 Å². The molecule has 1 saturated carbocycles. The van der Waals surface area contributed by atoms with Crippen molar-refractivity contribution in [3.63, 3.8) is 0 Å². The van der Waals surface area contributed by atoms with E-state index in [1.165, 1.54) is 6.20 Å². The van der Waals surface area contributed by atoms with Gasteiger partial charge in [-0.2, -0.15) is 0 Å². The van der Waals surface area contributed by atoms with Gasteiger partial charge >= 0.3 is 0 Å². The number of hydrogen-bond acceptors (Lipinski definition) is 5. The second kappa shape index (κ2) is 6.28. The van der Waals surface area contributed by atoms with Crippen molar-refractivity contribution >= 4 is 15.6 Å². The summed E-state index contributed by atoms with van der Waals surface area (Å²) in [5, 5.41) is 3.75. The van der Waals surface area contributed by atoms with Gasteiger partial charge in [0.1, 0.15) is 0 Å². The molecule has 0 N–H and O–H groups in total. The SMILES string of the molecule is CCCS(=O)(=O)Cc1ccccc1C(=O)c1cnoc1C1CC1. The lowest BCUT2D eigenvalue weighted by Crippen LogP contribution is -2.13. The van der Waals surface area contributed by atoms with E-state index in [1.807, 2.05) is 6.92 Å². The zero-order valence-corrected chi connectivity index (χ0v) is 13.8. The van der Waals surface area contributed by atoms with E-state index in [0.29, 0.717) is 28.9 Å². The monoisotopic (exact) mass is 333 g/mol. The minimum Gasteiger partial charge on any atom is -0.360 e. The van der Waals surface area contributed by atoms with Crippen LogP contribution in [-0.4, -0.2) is 25.1 Å². The molecule has 0 spiro atoms. The fourth-order valence-electron chi connectivity index (χ4n) is 2.69. The van der Waals surface area contributed by atoms with Gasteiger partial charge in [0.2, 0.25) is 0 Å². The first-order valence-corrected chi connectivity index (χ1v) is 9.61. The molecule has 1 aromatic heterocycles. The van der Waals surface area contributed by atoms with Gasteiger partial charge in [0.25, 0.3) is 0 Å². The quantitative estimate of drug-likeness (QED) is 0.728. The fraction of sp³-hybridized carbons (Fsp3) is 0.412. The lowest BCUT2D eigenvalue weighted by molar-refractivity contribution is 0.103. The molecule has 0 amide bonds. The Bertz CT molecular complexity index is 819. The Labute approximate surface area is 135 Å². The lowest BCUT2D eigenvalue weighted by Gasteiger charge is -2.09. The van der Waals surface area contributed by atoms with Gasteiger partial charge in [-0.05, 0) is 24.8 Å². The van der Waals surface area contributed by atoms with Crippen LogP contribution in [0, 0.1) is 0 Å². The summed E-state index contributed by atoms with van der Waals surface area (Å²) >= 11 is 0. The molecule has 23 heavy (non-hydrogen) atoms. The Morgan fingerprint density at radius 1 is 1.26 bits per heavy atom. The van der Waals surface area contributed by atoms with Crippen LogP contribution >= 0.6 is 0 Å². The van der Waals surface area contributed by atoms with Crippen molar-refractivity contribution in [1.29, 1.82) is 0 Å². The Morgan fingerprint density at radius 2 is 2.00 bits per heavy atom. The summed E-state index contributed by atoms with van der Waals surface area (Å²) in [5.41, 5.74) is 1.40. The Kier molecular flexibility index (Phi) is 4.35. The van der Waals surface area contributed by atoms with Gasteiger partial charge in [-0.1, -0.05) is 36.3 Å². The summed E-state index contributed by atoms with van der Waals surface area (Å²) in [5.74, 6) is 0.687. The minimum absolute atomic E-state index is 0.118. The third kappa shape index (κ3) is 3.52. The molecule has 122 valence electrons. The highest BCUT2D eigenvalue weighted by atomic mass is 32.2. The summed E-state index contributed by atoms with van der Waals surface area (Å²) in [6.45, 7) is 1.83. The molecule has 3 rings (SSSR count). The van der Waals surface area contributed by atoms with Crippen molar-refractivity contribution in [2.75, 3.05) is 5.75 Å². The largest absolute Gasteiger partial charge is 0.360 e. The predicted octanol–water partition coefficient (Wildman–Crippen LogP) is 3.11. The highest BCUT2D eigenvalue weighted by Gasteiger charge is 2.33. The molecule has 6 heteroatoms. The van der Waals surface area contributed by atoms with Crippen molar-refractivity contribution in [3.05, 3.63) is 52.9 Å². The topological polar surface area (TPSA) is 77.2 Å². The maximum absolute atomic E-state index is 12.8. The zero-order chi connectivity index (χ0) is 16.4. The number of nitrogens with zero attached hydrogens (tertiary/aromatic N) is 1. The molecule has 0 saturated heterocycles. The summed E-state index contributed by atoms with van der Waals surface area (Å²) < 4.78 is 29.4. The third-order valence-electron chi connectivity index (χ3n) is 3.94. The van der Waals surface area contributed by atoms with Crippen LogP contribution in [0.15, 0.2) is 35.0 Å². The average molecular weight is 333 g/mol. The van der Waals surface area contributed by atoms with Gasteiger partial charge in [-0.15, -0.1) is 0 Å². The third-order valence-corrected chi connectivity index (χ3v) is 5.72. The maximum Gasteiger partial charge on any atom is 0.198 e. The van der Waals surface area contributed by atoms with Gasteiger partial charge in [0.05, 0.1) is 23.3 Å². The number of rotatable bonds is 7. The minimum atomic E-state index is -3.21. The second-order valence-corrected chi connectivity index (χ2v) is 8.14. The van der Waals surface area contributed by atoms with Crippen LogP contribution in [-0.2, 0) is 15.6 Å². The van der Waals surface area contributed by atoms with Crippen LogP contribution in [0.4, 0.5) is 0 Å². The second-order valence-electron chi connectivity index (χ2n) is 5.96. The Morgan fingerprint density at radius 3 is 2.70 bits per heavy atom. The van der Waals surface area contributed by atoms with Gasteiger partial charge in [0.15, 0.2) is 21.4 Å². The van der Waals surface area contributed by atoms with E-state index in [4.69, 9.17) is 4.52 Å². The number of aromatic nitrogens is 1. The number of ketones is 1. The molecule has 0 bridgehead atoms. The van der Waals surface area contributed by atoms with E-state index in [2.05, 4.69) is 5.16 Å². The van der Waals surface area contributed by atoms with E-state index in [0.717, 1.165) is 12.8 Å². The molecule has 2 aromatic rings. The van der Waals surface area contributed by atoms with Crippen LogP contribution in [0.25, 0.3) is 0 Å². The molecule has 0 radical (unpaired) electrons. The summed E-state index contributed by atoms with van der Waals surface area (Å²) in [6, 6.07) is 6.87. The number of benzene rings is 1. The van der Waals surface area contributed by atoms with E-state index < -0.39 is 9.84 Å². The van der Waals surface area contributed by atoms with Gasteiger partial charge < -0.3 is 4.52 Å². The van der Waals surface area contributed by atoms with Crippen molar-refractivity contribution in [2.45, 2.75) is 37.9 Å². The first-order valence-electron chi connectivity index (χ1n) is 7.79. The van der Waals surface area contributed by atoms with E-state index in [-0.39, 0.29) is 23.2 Å². The lowest BCUT2D eigenvalue weighted by atomic mass is 9.99. The van der Waals surface area contributed by atoms with E-state index in [9.17, 15) is 13.2 Å². The molecule has 0 aliphatic heterocycles. The number of hydrogen-bond donors (Lipinski definition) is 0. The summed E-state index contributed by atoms with van der Waals surface area (Å²) in [6.07, 6.45) is 4.01. The van der Waals surface area contributed by atoms with Crippen LogP contribution < -0.4 is 0 Å². The van der Waals surface area contributed by atoms with Gasteiger partial charge in [-0.3, -0.25) is 4.79 Å². The van der Waals surface area contributed by atoms with Crippen LogP contribution in [0.5, 0.6) is 0 Å². The Balaban J connectivity index is 1.93. The standard InChI is InChI=1S/C17H19NO4S/c1-2-9-23(20,21)11-13-5-3-4-6-14(13)16(19)15-10-18-22-17(15)12-7-8-12/h3-6,10,12H,2,7-9,11H2,1H3. The molecular weight excluding hydrogens is 314 g/mol. The smallest absolute Gasteiger partial charge is 0.198 e. The van der Waals surface area contributed by atoms with Crippen molar-refractivity contribution in [2.24, 2.45) is 0 Å². The fourth-order valence-corrected chi connectivity index (χ4v) is 4.18. The molecule has 1 aromatic carbocycles. The number of carbonyl (C=O) groups is 1. The zero-order valence-electron chi connectivity index (χ0n) is 13.0. The van der Waals surface area contributed by atoms with Crippen LogP contribution in [0.1, 0.15) is 59.3 Å². The molecular formula is C17H19NO4S. The first-order chi connectivity index (χ1) is 11.0. The van der Waals surface area contributed by atoms with Crippen LogP contribution in [0.3, 0.4) is 0 Å². The van der Waals surface area contributed by atoms with Gasteiger partial charge in [-0.25, -0.2) is 8.42 Å². The maximum atomic E-state index is 12.8.